The van der Waals surface area contributed by atoms with Crippen LogP contribution in [-0.4, -0.2) is 37.3 Å². The van der Waals surface area contributed by atoms with Gasteiger partial charge in [-0.25, -0.2) is 14.0 Å². The third-order valence-electron chi connectivity index (χ3n) is 5.20. The molecule has 8 nitrogen and oxygen atoms in total. The number of likely N-dealkylation sites (N-methyl/N-ethyl adjacent to an activating group) is 1. The number of benzene rings is 2. The number of nitrogens with zero attached hydrogens (tertiary/aromatic N) is 1. The molecule has 3 amide bonds. The zero-order valence-corrected chi connectivity index (χ0v) is 19.3. The SMILES string of the molecule is CCOC(=O)NC1([C@@H](NC(=O)OC(C)(C)C)c2ccc(F)cc2)C(=O)N(C)c2ccccc21. The number of rotatable bonds is 5. The molecule has 0 bridgehead atoms. The first kappa shape index (κ1) is 24.0. The summed E-state index contributed by atoms with van der Waals surface area (Å²) < 4.78 is 24.2. The number of amides is 3. The Labute approximate surface area is 192 Å². The summed E-state index contributed by atoms with van der Waals surface area (Å²) in [6.07, 6.45) is -1.64. The van der Waals surface area contributed by atoms with Gasteiger partial charge in [-0.2, -0.15) is 0 Å². The van der Waals surface area contributed by atoms with Gasteiger partial charge in [0.2, 0.25) is 0 Å². The minimum absolute atomic E-state index is 0.0777. The van der Waals surface area contributed by atoms with Crippen molar-refractivity contribution in [3.05, 3.63) is 65.5 Å². The van der Waals surface area contributed by atoms with Gasteiger partial charge in [0.15, 0.2) is 5.54 Å². The van der Waals surface area contributed by atoms with Gasteiger partial charge in [-0.15, -0.1) is 0 Å². The summed E-state index contributed by atoms with van der Waals surface area (Å²) in [6, 6.07) is 11.1. The maximum atomic E-state index is 13.8. The second kappa shape index (κ2) is 9.09. The van der Waals surface area contributed by atoms with Gasteiger partial charge in [0.1, 0.15) is 11.4 Å². The van der Waals surface area contributed by atoms with Crippen LogP contribution in [-0.2, 0) is 19.8 Å². The summed E-state index contributed by atoms with van der Waals surface area (Å²) in [5, 5.41) is 5.42. The quantitative estimate of drug-likeness (QED) is 0.707. The van der Waals surface area contributed by atoms with E-state index in [2.05, 4.69) is 10.6 Å². The summed E-state index contributed by atoms with van der Waals surface area (Å²) in [6.45, 7) is 6.83. The number of hydrogen-bond acceptors (Lipinski definition) is 5. The van der Waals surface area contributed by atoms with Crippen LogP contribution in [0, 0.1) is 5.82 Å². The fraction of sp³-hybridized carbons (Fsp3) is 0.375. The third kappa shape index (κ3) is 4.76. The molecule has 1 aliphatic rings. The lowest BCUT2D eigenvalue weighted by Crippen LogP contribution is -2.60. The Morgan fingerprint density at radius 1 is 1.09 bits per heavy atom. The van der Waals surface area contributed by atoms with E-state index in [4.69, 9.17) is 9.47 Å². The van der Waals surface area contributed by atoms with Crippen molar-refractivity contribution >= 4 is 23.8 Å². The minimum atomic E-state index is -1.77. The molecule has 0 aliphatic carbocycles. The number of nitrogens with one attached hydrogen (secondary N) is 2. The van der Waals surface area contributed by atoms with Crippen LogP contribution in [0.5, 0.6) is 0 Å². The molecule has 1 aliphatic heterocycles. The summed E-state index contributed by atoms with van der Waals surface area (Å²) in [5.41, 5.74) is -1.19. The molecule has 0 fully saturated rings. The molecule has 0 aromatic heterocycles. The van der Waals surface area contributed by atoms with Crippen molar-refractivity contribution in [1.82, 2.24) is 10.6 Å². The number of fused-ring (bicyclic) bond motifs is 1. The van der Waals surface area contributed by atoms with E-state index in [1.165, 1.54) is 29.2 Å². The highest BCUT2D eigenvalue weighted by molar-refractivity contribution is 6.09. The van der Waals surface area contributed by atoms with Gasteiger partial charge < -0.3 is 25.0 Å². The van der Waals surface area contributed by atoms with Crippen LogP contribution in [0.15, 0.2) is 48.5 Å². The normalized spacial score (nSPS) is 18.4. The van der Waals surface area contributed by atoms with Crippen molar-refractivity contribution in [3.63, 3.8) is 0 Å². The molecule has 0 spiro atoms. The summed E-state index contributed by atoms with van der Waals surface area (Å²) in [4.78, 5) is 40.7. The molecule has 0 saturated heterocycles. The lowest BCUT2D eigenvalue weighted by atomic mass is 9.80. The zero-order chi connectivity index (χ0) is 24.4. The van der Waals surface area contributed by atoms with E-state index >= 15 is 0 Å². The molecule has 176 valence electrons. The van der Waals surface area contributed by atoms with E-state index in [0.717, 1.165) is 0 Å². The maximum absolute atomic E-state index is 13.8. The molecule has 1 unspecified atom stereocenters. The smallest absolute Gasteiger partial charge is 0.408 e. The zero-order valence-electron chi connectivity index (χ0n) is 19.3. The van der Waals surface area contributed by atoms with E-state index in [1.54, 1.807) is 59.0 Å². The lowest BCUT2D eigenvalue weighted by molar-refractivity contribution is -0.125. The largest absolute Gasteiger partial charge is 0.450 e. The monoisotopic (exact) mass is 457 g/mol. The van der Waals surface area contributed by atoms with E-state index in [9.17, 15) is 18.8 Å². The van der Waals surface area contributed by atoms with Gasteiger partial charge in [-0.3, -0.25) is 4.79 Å². The molecular weight excluding hydrogens is 429 g/mol. The number of hydrogen-bond donors (Lipinski definition) is 2. The Hall–Kier alpha value is -3.62. The number of carbonyl (C=O) groups excluding carboxylic acids is 3. The molecule has 0 saturated carbocycles. The van der Waals surface area contributed by atoms with Crippen LogP contribution in [0.25, 0.3) is 0 Å². The second-order valence-electron chi connectivity index (χ2n) is 8.67. The van der Waals surface area contributed by atoms with E-state index in [1.807, 2.05) is 0 Å². The molecular formula is C24H28FN3O5. The molecule has 2 N–H and O–H groups in total. The number of halogens is 1. The highest BCUT2D eigenvalue weighted by Crippen LogP contribution is 2.47. The predicted molar refractivity (Wildman–Crippen MR) is 120 cm³/mol. The van der Waals surface area contributed by atoms with Crippen molar-refractivity contribution < 1.29 is 28.2 Å². The van der Waals surface area contributed by atoms with Crippen molar-refractivity contribution in [1.29, 1.82) is 0 Å². The Kier molecular flexibility index (Phi) is 6.62. The molecule has 1 heterocycles. The van der Waals surface area contributed by atoms with Crippen LogP contribution in [0.2, 0.25) is 0 Å². The molecule has 2 aromatic rings. The summed E-state index contributed by atoms with van der Waals surface area (Å²) in [7, 11) is 1.57. The number of para-hydroxylation sites is 1. The molecule has 0 radical (unpaired) electrons. The Morgan fingerprint density at radius 2 is 1.73 bits per heavy atom. The van der Waals surface area contributed by atoms with Gasteiger partial charge in [-0.1, -0.05) is 30.3 Å². The molecule has 2 aromatic carbocycles. The van der Waals surface area contributed by atoms with E-state index in [0.29, 0.717) is 16.8 Å². The highest BCUT2D eigenvalue weighted by Gasteiger charge is 2.57. The Bertz CT molecular complexity index is 1050. The van der Waals surface area contributed by atoms with Crippen LogP contribution >= 0.6 is 0 Å². The van der Waals surface area contributed by atoms with Crippen molar-refractivity contribution in [2.45, 2.75) is 44.9 Å². The summed E-state index contributed by atoms with van der Waals surface area (Å²) in [5.74, 6) is -0.987. The summed E-state index contributed by atoms with van der Waals surface area (Å²) >= 11 is 0. The fourth-order valence-electron chi connectivity index (χ4n) is 3.91. The first-order valence-corrected chi connectivity index (χ1v) is 10.6. The van der Waals surface area contributed by atoms with Crippen LogP contribution in [0.1, 0.15) is 44.9 Å². The Balaban J connectivity index is 2.22. The predicted octanol–water partition coefficient (Wildman–Crippen LogP) is 4.01. The van der Waals surface area contributed by atoms with Crippen molar-refractivity contribution in [2.75, 3.05) is 18.6 Å². The van der Waals surface area contributed by atoms with Crippen LogP contribution < -0.4 is 15.5 Å². The van der Waals surface area contributed by atoms with Gasteiger partial charge in [0.25, 0.3) is 5.91 Å². The minimum Gasteiger partial charge on any atom is -0.450 e. The average Bonchev–Trinajstić information content (AvgIpc) is 2.94. The number of alkyl carbamates (subject to hydrolysis) is 2. The van der Waals surface area contributed by atoms with Gasteiger partial charge in [-0.05, 0) is 51.5 Å². The Morgan fingerprint density at radius 3 is 2.33 bits per heavy atom. The molecule has 3 rings (SSSR count). The molecule has 2 atom stereocenters. The standard InChI is InChI=1S/C24H28FN3O5/c1-6-32-22(31)27-24(17-9-7-8-10-18(17)28(5)20(24)29)19(15-11-13-16(25)14-12-15)26-21(30)33-23(2,3)4/h7-14,19H,6H2,1-5H3,(H,26,30)(H,27,31)/t19-,24?/m0/s1. The van der Waals surface area contributed by atoms with Gasteiger partial charge in [0.05, 0.1) is 12.6 Å². The van der Waals surface area contributed by atoms with Crippen LogP contribution in [0.3, 0.4) is 0 Å². The second-order valence-corrected chi connectivity index (χ2v) is 8.67. The van der Waals surface area contributed by atoms with Crippen molar-refractivity contribution in [2.24, 2.45) is 0 Å². The van der Waals surface area contributed by atoms with Crippen molar-refractivity contribution in [3.8, 4) is 0 Å². The number of ether oxygens (including phenoxy) is 2. The third-order valence-corrected chi connectivity index (χ3v) is 5.20. The van der Waals surface area contributed by atoms with E-state index in [-0.39, 0.29) is 6.61 Å². The molecule has 33 heavy (non-hydrogen) atoms. The van der Waals surface area contributed by atoms with Crippen LogP contribution in [0.4, 0.5) is 19.7 Å². The lowest BCUT2D eigenvalue weighted by Gasteiger charge is -2.37. The topological polar surface area (TPSA) is 97.0 Å². The average molecular weight is 458 g/mol. The van der Waals surface area contributed by atoms with Gasteiger partial charge in [0, 0.05) is 18.3 Å². The highest BCUT2D eigenvalue weighted by atomic mass is 19.1. The maximum Gasteiger partial charge on any atom is 0.408 e. The van der Waals surface area contributed by atoms with Gasteiger partial charge >= 0.3 is 12.2 Å². The van der Waals surface area contributed by atoms with E-state index < -0.39 is 41.1 Å². The molecule has 9 heteroatoms. The number of carbonyl (C=O) groups is 3. The number of anilines is 1. The first-order valence-electron chi connectivity index (χ1n) is 10.6. The fourth-order valence-corrected chi connectivity index (χ4v) is 3.91. The first-order chi connectivity index (χ1) is 15.5.